The smallest absolute Gasteiger partial charge is 0.0442 e. The first-order valence-corrected chi connectivity index (χ1v) is 6.27. The van der Waals surface area contributed by atoms with Crippen molar-refractivity contribution in [2.24, 2.45) is 35.5 Å². The van der Waals surface area contributed by atoms with Crippen LogP contribution in [0.2, 0.25) is 0 Å². The molecule has 0 saturated heterocycles. The molecule has 6 aliphatic carbocycles. The Labute approximate surface area is 86.8 Å². The molecule has 4 atom stereocenters. The number of alkyl halides is 2. The van der Waals surface area contributed by atoms with Gasteiger partial charge in [-0.1, -0.05) is 45.2 Å². The lowest BCUT2D eigenvalue weighted by Crippen LogP contribution is -3.13. The SMILES string of the molecule is IC12C3C4C5C3C1(I)C5C42. The zero-order valence-electron chi connectivity index (χ0n) is 5.22. The molecule has 0 aliphatic heterocycles. The van der Waals surface area contributed by atoms with Crippen molar-refractivity contribution in [2.75, 3.05) is 0 Å². The Balaban J connectivity index is 1.91. The Morgan fingerprint density at radius 3 is 1.20 bits per heavy atom. The van der Waals surface area contributed by atoms with Crippen LogP contribution in [-0.2, 0) is 0 Å². The molecule has 0 aromatic carbocycles. The molecule has 0 heterocycles. The quantitative estimate of drug-likeness (QED) is 0.461. The van der Waals surface area contributed by atoms with Gasteiger partial charge in [0, 0.05) is 6.84 Å². The molecule has 0 spiro atoms. The summed E-state index contributed by atoms with van der Waals surface area (Å²) in [5.41, 5.74) is 0. The molecule has 6 rings (SSSR count). The zero-order chi connectivity index (χ0) is 6.46. The maximum Gasteiger partial charge on any atom is 0.0442 e. The van der Waals surface area contributed by atoms with Crippen LogP contribution in [0.3, 0.4) is 0 Å². The molecular weight excluding hydrogens is 350 g/mol. The summed E-state index contributed by atoms with van der Waals surface area (Å²) in [7, 11) is 0. The van der Waals surface area contributed by atoms with E-state index >= 15 is 0 Å². The molecule has 6 saturated carbocycles. The second kappa shape index (κ2) is 0.946. The third-order valence-corrected chi connectivity index (χ3v) is 11.1. The first-order valence-electron chi connectivity index (χ1n) is 4.12. The molecule has 52 valence electrons. The number of hydrogen-bond donors (Lipinski definition) is 0. The van der Waals surface area contributed by atoms with Gasteiger partial charge in [-0.05, 0) is 35.5 Å². The Kier molecular flexibility index (Phi) is 0.496. The van der Waals surface area contributed by atoms with Gasteiger partial charge in [-0.2, -0.15) is 0 Å². The highest BCUT2D eigenvalue weighted by atomic mass is 127. The molecule has 0 aromatic rings. The van der Waals surface area contributed by atoms with E-state index in [1.165, 1.54) is 35.5 Å². The monoisotopic (exact) mass is 356 g/mol. The van der Waals surface area contributed by atoms with E-state index in [1.807, 2.05) is 0 Å². The summed E-state index contributed by atoms with van der Waals surface area (Å²) in [4.78, 5) is 0. The van der Waals surface area contributed by atoms with Crippen LogP contribution in [0.1, 0.15) is 0 Å². The molecular formula is C8H6I2. The van der Waals surface area contributed by atoms with E-state index < -0.39 is 0 Å². The maximum atomic E-state index is 2.79. The summed E-state index contributed by atoms with van der Waals surface area (Å²) in [6.07, 6.45) is 0. The summed E-state index contributed by atoms with van der Waals surface area (Å²) < 4.78 is 1.72. The average Bonchev–Trinajstić information content (AvgIpc) is 1.90. The van der Waals surface area contributed by atoms with Crippen molar-refractivity contribution in [3.05, 3.63) is 0 Å². The Bertz CT molecular complexity index is 248. The summed E-state index contributed by atoms with van der Waals surface area (Å²) in [5, 5.41) is 0. The summed E-state index contributed by atoms with van der Waals surface area (Å²) in [5.74, 6) is 7.44. The minimum Gasteiger partial charge on any atom is -0.0767 e. The van der Waals surface area contributed by atoms with Gasteiger partial charge in [-0.15, -0.1) is 0 Å². The standard InChI is InChI=1S/C8H6I2/c9-7-3-1-2-5(3)8(7,10)6(2)4(1)7/h1-6H. The maximum absolute atomic E-state index is 2.79. The molecule has 0 bridgehead atoms. The molecule has 2 heteroatoms. The number of hydrogen-bond acceptors (Lipinski definition) is 0. The van der Waals surface area contributed by atoms with Crippen molar-refractivity contribution < 1.29 is 0 Å². The zero-order valence-corrected chi connectivity index (χ0v) is 9.54. The van der Waals surface area contributed by atoms with E-state index in [0.717, 1.165) is 6.84 Å². The van der Waals surface area contributed by atoms with Crippen LogP contribution in [-0.4, -0.2) is 6.84 Å². The normalized spacial score (nSPS) is 104. The third kappa shape index (κ3) is 0.174. The van der Waals surface area contributed by atoms with Crippen LogP contribution >= 0.6 is 45.2 Å². The number of halogens is 2. The lowest BCUT2D eigenvalue weighted by atomic mass is 9.01. The van der Waals surface area contributed by atoms with Crippen molar-refractivity contribution in [2.45, 2.75) is 6.84 Å². The minimum absolute atomic E-state index is 0.861. The fraction of sp³-hybridized carbons (Fsp3) is 1.00. The molecule has 0 nitrogen and oxygen atoms in total. The van der Waals surface area contributed by atoms with Crippen LogP contribution in [0.4, 0.5) is 0 Å². The highest BCUT2D eigenvalue weighted by molar-refractivity contribution is 14.1. The van der Waals surface area contributed by atoms with Crippen molar-refractivity contribution in [3.63, 3.8) is 0 Å². The highest BCUT2D eigenvalue weighted by Gasteiger charge is 3.09. The first-order chi connectivity index (χ1) is 4.74. The van der Waals surface area contributed by atoms with E-state index in [2.05, 4.69) is 45.2 Å². The first kappa shape index (κ1) is 5.25. The fourth-order valence-electron chi connectivity index (χ4n) is 5.27. The van der Waals surface area contributed by atoms with Crippen LogP contribution in [0.15, 0.2) is 0 Å². The van der Waals surface area contributed by atoms with E-state index in [1.54, 1.807) is 0 Å². The third-order valence-electron chi connectivity index (χ3n) is 5.40. The molecule has 6 aliphatic rings. The number of rotatable bonds is 0. The van der Waals surface area contributed by atoms with Crippen molar-refractivity contribution >= 4 is 45.2 Å². The van der Waals surface area contributed by atoms with E-state index in [-0.39, 0.29) is 0 Å². The Morgan fingerprint density at radius 2 is 1.00 bits per heavy atom. The van der Waals surface area contributed by atoms with Gasteiger partial charge in [0.15, 0.2) is 0 Å². The van der Waals surface area contributed by atoms with E-state index in [0.29, 0.717) is 0 Å². The van der Waals surface area contributed by atoms with Crippen molar-refractivity contribution in [1.29, 1.82) is 0 Å². The summed E-state index contributed by atoms with van der Waals surface area (Å²) in [6, 6.07) is 0. The van der Waals surface area contributed by atoms with E-state index in [4.69, 9.17) is 0 Å². The van der Waals surface area contributed by atoms with Gasteiger partial charge in [0.25, 0.3) is 0 Å². The predicted molar refractivity (Wildman–Crippen MR) is 54.4 cm³/mol. The largest absolute Gasteiger partial charge is 0.0767 e. The fourth-order valence-corrected chi connectivity index (χ4v) is 9.92. The van der Waals surface area contributed by atoms with Crippen molar-refractivity contribution in [1.82, 2.24) is 0 Å². The van der Waals surface area contributed by atoms with Crippen LogP contribution in [0, 0.1) is 35.5 Å². The molecule has 4 unspecified atom stereocenters. The summed E-state index contributed by atoms with van der Waals surface area (Å²) in [6.45, 7) is 0. The lowest BCUT2D eigenvalue weighted by molar-refractivity contribution is -0.512. The van der Waals surface area contributed by atoms with Crippen LogP contribution in [0.25, 0.3) is 0 Å². The van der Waals surface area contributed by atoms with Gasteiger partial charge < -0.3 is 0 Å². The Morgan fingerprint density at radius 1 is 0.700 bits per heavy atom. The minimum atomic E-state index is 0.861. The molecule has 0 amide bonds. The predicted octanol–water partition coefficient (Wildman–Crippen LogP) is 2.10. The second-order valence-electron chi connectivity index (χ2n) is 4.79. The summed E-state index contributed by atoms with van der Waals surface area (Å²) >= 11 is 5.58. The lowest BCUT2D eigenvalue weighted by Gasteiger charge is -3.09. The molecule has 10 heavy (non-hydrogen) atoms. The highest BCUT2D eigenvalue weighted by Crippen LogP contribution is 3.07. The van der Waals surface area contributed by atoms with Crippen LogP contribution in [0.5, 0.6) is 0 Å². The van der Waals surface area contributed by atoms with Gasteiger partial charge in [-0.25, -0.2) is 0 Å². The second-order valence-corrected chi connectivity index (χ2v) is 8.36. The molecule has 0 radical (unpaired) electrons. The Hall–Kier alpha value is 1.46. The van der Waals surface area contributed by atoms with Gasteiger partial charge in [-0.3, -0.25) is 0 Å². The van der Waals surface area contributed by atoms with Gasteiger partial charge >= 0.3 is 0 Å². The molecule has 6 fully saturated rings. The van der Waals surface area contributed by atoms with E-state index in [9.17, 15) is 0 Å². The van der Waals surface area contributed by atoms with Crippen molar-refractivity contribution in [3.8, 4) is 0 Å². The molecule has 0 aromatic heterocycles. The van der Waals surface area contributed by atoms with Gasteiger partial charge in [0.1, 0.15) is 0 Å². The van der Waals surface area contributed by atoms with Crippen LogP contribution < -0.4 is 0 Å². The topological polar surface area (TPSA) is 0 Å². The average molecular weight is 356 g/mol. The molecule has 0 N–H and O–H groups in total. The van der Waals surface area contributed by atoms with Gasteiger partial charge in [0.05, 0.1) is 0 Å². The van der Waals surface area contributed by atoms with Gasteiger partial charge in [0.2, 0.25) is 0 Å².